The summed E-state index contributed by atoms with van der Waals surface area (Å²) in [4.78, 5) is 0. The molecule has 1 aromatic carbocycles. The highest BCUT2D eigenvalue weighted by Crippen LogP contribution is 2.21. The van der Waals surface area contributed by atoms with Gasteiger partial charge in [0.1, 0.15) is 0 Å². The molecule has 0 radical (unpaired) electrons. The van der Waals surface area contributed by atoms with Gasteiger partial charge in [0.15, 0.2) is 0 Å². The minimum atomic E-state index is 0.646. The number of nitrogens with one attached hydrogen (secondary N) is 1. The average Bonchev–Trinajstić information content (AvgIpc) is 1.95. The third kappa shape index (κ3) is 1.23. The Balaban J connectivity index is 3.14. The molecule has 0 fully saturated rings. The number of anilines is 1. The van der Waals surface area contributed by atoms with Crippen LogP contribution >= 0.6 is 11.6 Å². The van der Waals surface area contributed by atoms with Gasteiger partial charge in [-0.2, -0.15) is 0 Å². The Morgan fingerprint density at radius 1 is 1.50 bits per heavy atom. The molecule has 54 valence electrons. The number of benzene rings is 1. The first kappa shape index (κ1) is 7.38. The number of halogens is 1. The second-order valence-corrected chi connectivity index (χ2v) is 2.43. The van der Waals surface area contributed by atoms with Crippen molar-refractivity contribution in [3.05, 3.63) is 28.8 Å². The van der Waals surface area contributed by atoms with Crippen LogP contribution in [0.15, 0.2) is 18.2 Å². The lowest BCUT2D eigenvalue weighted by Gasteiger charge is -2.03. The van der Waals surface area contributed by atoms with Crippen LogP contribution < -0.4 is 5.48 Å². The van der Waals surface area contributed by atoms with Crippen molar-refractivity contribution in [2.75, 3.05) is 5.48 Å². The van der Waals surface area contributed by atoms with Gasteiger partial charge in [-0.05, 0) is 24.6 Å². The zero-order chi connectivity index (χ0) is 7.56. The second kappa shape index (κ2) is 2.90. The molecular formula is C7H8ClNO. The van der Waals surface area contributed by atoms with Gasteiger partial charge in [-0.3, -0.25) is 10.7 Å². The highest BCUT2D eigenvalue weighted by atomic mass is 35.5. The van der Waals surface area contributed by atoms with Gasteiger partial charge in [-0.25, -0.2) is 0 Å². The van der Waals surface area contributed by atoms with Gasteiger partial charge in [0.25, 0.3) is 0 Å². The topological polar surface area (TPSA) is 32.3 Å². The van der Waals surface area contributed by atoms with Gasteiger partial charge < -0.3 is 0 Å². The van der Waals surface area contributed by atoms with Crippen LogP contribution in [0.4, 0.5) is 5.69 Å². The maximum Gasteiger partial charge on any atom is 0.0646 e. The fourth-order valence-corrected chi connectivity index (χ4v) is 0.903. The van der Waals surface area contributed by atoms with Crippen LogP contribution in [0, 0.1) is 6.92 Å². The third-order valence-electron chi connectivity index (χ3n) is 1.39. The standard InChI is InChI=1S/C7H8ClNO/c1-5-6(8)3-2-4-7(5)9-10/h2-4,9-10H,1H3. The molecule has 0 aliphatic rings. The summed E-state index contributed by atoms with van der Waals surface area (Å²) >= 11 is 5.74. The Morgan fingerprint density at radius 3 is 2.70 bits per heavy atom. The summed E-state index contributed by atoms with van der Waals surface area (Å²) in [5.74, 6) is 0. The number of hydrogen-bond donors (Lipinski definition) is 2. The van der Waals surface area contributed by atoms with Crippen LogP contribution in [0.2, 0.25) is 5.02 Å². The van der Waals surface area contributed by atoms with Crippen LogP contribution in [0.5, 0.6) is 0 Å². The van der Waals surface area contributed by atoms with E-state index in [1.165, 1.54) is 0 Å². The lowest BCUT2D eigenvalue weighted by molar-refractivity contribution is 0.388. The van der Waals surface area contributed by atoms with Gasteiger partial charge in [-0.15, -0.1) is 0 Å². The monoisotopic (exact) mass is 157 g/mol. The average molecular weight is 158 g/mol. The first-order chi connectivity index (χ1) is 4.75. The minimum absolute atomic E-state index is 0.646. The fraction of sp³-hybridized carbons (Fsp3) is 0.143. The molecule has 0 spiro atoms. The normalized spacial score (nSPS) is 9.50. The summed E-state index contributed by atoms with van der Waals surface area (Å²) in [6.45, 7) is 1.83. The molecule has 2 nitrogen and oxygen atoms in total. The van der Waals surface area contributed by atoms with Crippen LogP contribution in [-0.2, 0) is 0 Å². The highest BCUT2D eigenvalue weighted by Gasteiger charge is 1.98. The van der Waals surface area contributed by atoms with Crippen LogP contribution in [0.1, 0.15) is 5.56 Å². The molecule has 2 N–H and O–H groups in total. The molecule has 0 amide bonds. The molecule has 1 rings (SSSR count). The Labute approximate surface area is 64.4 Å². The molecule has 0 aromatic heterocycles. The van der Waals surface area contributed by atoms with Gasteiger partial charge in [0, 0.05) is 5.02 Å². The molecule has 0 unspecified atom stereocenters. The molecule has 0 aliphatic carbocycles. The Kier molecular flexibility index (Phi) is 2.14. The van der Waals surface area contributed by atoms with E-state index in [0.717, 1.165) is 5.56 Å². The van der Waals surface area contributed by atoms with Crippen LogP contribution in [-0.4, -0.2) is 5.21 Å². The Bertz CT molecular complexity index is 237. The molecule has 0 atom stereocenters. The smallest absolute Gasteiger partial charge is 0.0646 e. The summed E-state index contributed by atoms with van der Waals surface area (Å²) in [6.07, 6.45) is 0. The predicted octanol–water partition coefficient (Wildman–Crippen LogP) is 2.45. The molecular weight excluding hydrogens is 150 g/mol. The van der Waals surface area contributed by atoms with Crippen molar-refractivity contribution >= 4 is 17.3 Å². The van der Waals surface area contributed by atoms with E-state index in [4.69, 9.17) is 16.8 Å². The van der Waals surface area contributed by atoms with E-state index in [-0.39, 0.29) is 0 Å². The van der Waals surface area contributed by atoms with Crippen molar-refractivity contribution in [2.45, 2.75) is 6.92 Å². The van der Waals surface area contributed by atoms with Crippen molar-refractivity contribution in [2.24, 2.45) is 0 Å². The van der Waals surface area contributed by atoms with Gasteiger partial charge in [0.05, 0.1) is 5.69 Å². The first-order valence-electron chi connectivity index (χ1n) is 2.91. The van der Waals surface area contributed by atoms with E-state index in [1.807, 2.05) is 6.92 Å². The zero-order valence-electron chi connectivity index (χ0n) is 5.56. The molecule has 0 heterocycles. The Morgan fingerprint density at radius 2 is 2.20 bits per heavy atom. The summed E-state index contributed by atoms with van der Waals surface area (Å²) in [5, 5.41) is 9.19. The molecule has 0 saturated carbocycles. The van der Waals surface area contributed by atoms with Gasteiger partial charge in [-0.1, -0.05) is 17.7 Å². The van der Waals surface area contributed by atoms with E-state index in [1.54, 1.807) is 18.2 Å². The van der Waals surface area contributed by atoms with Gasteiger partial charge in [0.2, 0.25) is 0 Å². The van der Waals surface area contributed by atoms with E-state index in [2.05, 4.69) is 5.48 Å². The second-order valence-electron chi connectivity index (χ2n) is 2.02. The first-order valence-corrected chi connectivity index (χ1v) is 3.28. The van der Waals surface area contributed by atoms with Crippen LogP contribution in [0.3, 0.4) is 0 Å². The quantitative estimate of drug-likeness (QED) is 0.614. The molecule has 0 bridgehead atoms. The van der Waals surface area contributed by atoms with Crippen molar-refractivity contribution in [3.63, 3.8) is 0 Å². The third-order valence-corrected chi connectivity index (χ3v) is 1.80. The van der Waals surface area contributed by atoms with Crippen molar-refractivity contribution in [1.82, 2.24) is 0 Å². The zero-order valence-corrected chi connectivity index (χ0v) is 6.31. The van der Waals surface area contributed by atoms with Crippen molar-refractivity contribution < 1.29 is 5.21 Å². The summed E-state index contributed by atoms with van der Waals surface area (Å²) in [7, 11) is 0. The molecule has 1 aromatic rings. The number of hydrogen-bond acceptors (Lipinski definition) is 2. The molecule has 10 heavy (non-hydrogen) atoms. The number of rotatable bonds is 1. The summed E-state index contributed by atoms with van der Waals surface area (Å²) in [5.41, 5.74) is 3.55. The highest BCUT2D eigenvalue weighted by molar-refractivity contribution is 6.31. The Hall–Kier alpha value is -0.730. The van der Waals surface area contributed by atoms with E-state index < -0.39 is 0 Å². The lowest BCUT2D eigenvalue weighted by Crippen LogP contribution is -1.91. The molecule has 0 aliphatic heterocycles. The fourth-order valence-electron chi connectivity index (χ4n) is 0.729. The maximum atomic E-state index is 8.53. The summed E-state index contributed by atoms with van der Waals surface area (Å²) in [6, 6.07) is 5.30. The van der Waals surface area contributed by atoms with Gasteiger partial charge >= 0.3 is 0 Å². The largest absolute Gasteiger partial charge is 0.291 e. The van der Waals surface area contributed by atoms with E-state index in [0.29, 0.717) is 10.7 Å². The van der Waals surface area contributed by atoms with E-state index >= 15 is 0 Å². The van der Waals surface area contributed by atoms with Crippen molar-refractivity contribution in [3.8, 4) is 0 Å². The molecule has 0 saturated heterocycles. The SMILES string of the molecule is Cc1c(Cl)cccc1NO. The van der Waals surface area contributed by atoms with Crippen molar-refractivity contribution in [1.29, 1.82) is 0 Å². The predicted molar refractivity (Wildman–Crippen MR) is 41.6 cm³/mol. The summed E-state index contributed by atoms with van der Waals surface area (Å²) < 4.78 is 0. The minimum Gasteiger partial charge on any atom is -0.291 e. The maximum absolute atomic E-state index is 8.53. The lowest BCUT2D eigenvalue weighted by atomic mass is 10.2. The van der Waals surface area contributed by atoms with E-state index in [9.17, 15) is 0 Å². The van der Waals surface area contributed by atoms with Crippen LogP contribution in [0.25, 0.3) is 0 Å². The molecule has 3 heteroatoms.